The smallest absolute Gasteiger partial charge is 0.265 e. The summed E-state index contributed by atoms with van der Waals surface area (Å²) in [5.41, 5.74) is 1.38. The van der Waals surface area contributed by atoms with E-state index in [1.54, 1.807) is 11.3 Å². The molecule has 0 spiro atoms. The van der Waals surface area contributed by atoms with E-state index in [0.29, 0.717) is 0 Å². The Morgan fingerprint density at radius 2 is 2.00 bits per heavy atom. The molecule has 0 radical (unpaired) electrons. The van der Waals surface area contributed by atoms with Crippen LogP contribution in [0.2, 0.25) is 0 Å². The van der Waals surface area contributed by atoms with Gasteiger partial charge in [-0.15, -0.1) is 11.3 Å². The fourth-order valence-corrected chi connectivity index (χ4v) is 4.78. The van der Waals surface area contributed by atoms with Crippen LogP contribution in [0.1, 0.15) is 65.1 Å². The SMILES string of the molecule is N#CCN(C(=O)c1cc2c(s1)CCCCC2)C1CCCC1. The number of carbonyl (C=O) groups excluding carboxylic acids is 1. The van der Waals surface area contributed by atoms with E-state index < -0.39 is 0 Å². The van der Waals surface area contributed by atoms with E-state index in [0.717, 1.165) is 30.6 Å². The highest BCUT2D eigenvalue weighted by Gasteiger charge is 2.28. The predicted octanol–water partition coefficient (Wildman–Crippen LogP) is 3.93. The Balaban J connectivity index is 1.80. The number of rotatable bonds is 3. The molecule has 0 bridgehead atoms. The van der Waals surface area contributed by atoms with Crippen molar-refractivity contribution in [1.82, 2.24) is 4.90 Å². The average Bonchev–Trinajstić information content (AvgIpc) is 3.10. The highest BCUT2D eigenvalue weighted by Crippen LogP contribution is 2.31. The summed E-state index contributed by atoms with van der Waals surface area (Å²) >= 11 is 1.67. The zero-order valence-corrected chi connectivity index (χ0v) is 13.3. The van der Waals surface area contributed by atoms with Crippen molar-refractivity contribution in [3.05, 3.63) is 21.4 Å². The molecule has 1 saturated carbocycles. The second-order valence-electron chi connectivity index (χ2n) is 6.15. The summed E-state index contributed by atoms with van der Waals surface area (Å²) in [6, 6.07) is 4.56. The van der Waals surface area contributed by atoms with Crippen LogP contribution >= 0.6 is 11.3 Å². The molecule has 1 aromatic heterocycles. The molecule has 0 unspecified atom stereocenters. The second kappa shape index (κ2) is 6.62. The number of nitriles is 1. The quantitative estimate of drug-likeness (QED) is 0.627. The largest absolute Gasteiger partial charge is 0.322 e. The Bertz CT molecular complexity index is 528. The molecular formula is C17H22N2OS. The van der Waals surface area contributed by atoms with Crippen molar-refractivity contribution in [3.63, 3.8) is 0 Å². The Morgan fingerprint density at radius 3 is 2.76 bits per heavy atom. The topological polar surface area (TPSA) is 44.1 Å². The van der Waals surface area contributed by atoms with Crippen molar-refractivity contribution in [2.45, 2.75) is 63.8 Å². The maximum Gasteiger partial charge on any atom is 0.265 e. The molecule has 1 heterocycles. The Kier molecular flexibility index (Phi) is 4.60. The minimum atomic E-state index is 0.0847. The van der Waals surface area contributed by atoms with E-state index in [2.05, 4.69) is 12.1 Å². The van der Waals surface area contributed by atoms with E-state index in [1.807, 2.05) is 4.90 Å². The number of hydrogen-bond acceptors (Lipinski definition) is 3. The molecule has 4 heteroatoms. The molecule has 21 heavy (non-hydrogen) atoms. The third-order valence-electron chi connectivity index (χ3n) is 4.72. The average molecular weight is 302 g/mol. The molecule has 1 fully saturated rings. The first-order chi connectivity index (χ1) is 10.3. The fraction of sp³-hybridized carbons (Fsp3) is 0.647. The molecule has 0 saturated heterocycles. The summed E-state index contributed by atoms with van der Waals surface area (Å²) in [6.45, 7) is 0.228. The zero-order valence-electron chi connectivity index (χ0n) is 12.4. The summed E-state index contributed by atoms with van der Waals surface area (Å²) in [5, 5.41) is 9.05. The number of amides is 1. The van der Waals surface area contributed by atoms with Gasteiger partial charge in [0.2, 0.25) is 0 Å². The molecule has 3 rings (SSSR count). The maximum absolute atomic E-state index is 12.8. The van der Waals surface area contributed by atoms with Gasteiger partial charge in [-0.3, -0.25) is 4.79 Å². The van der Waals surface area contributed by atoms with Crippen LogP contribution in [0.4, 0.5) is 0 Å². The lowest BCUT2D eigenvalue weighted by Crippen LogP contribution is -2.38. The summed E-state index contributed by atoms with van der Waals surface area (Å²) in [4.78, 5) is 16.9. The number of carbonyl (C=O) groups is 1. The van der Waals surface area contributed by atoms with Crippen molar-refractivity contribution >= 4 is 17.2 Å². The molecule has 3 nitrogen and oxygen atoms in total. The van der Waals surface area contributed by atoms with Gasteiger partial charge in [-0.25, -0.2) is 0 Å². The van der Waals surface area contributed by atoms with E-state index in [9.17, 15) is 4.79 Å². The van der Waals surface area contributed by atoms with Gasteiger partial charge in [0, 0.05) is 10.9 Å². The fourth-order valence-electron chi connectivity index (χ4n) is 3.57. The van der Waals surface area contributed by atoms with Gasteiger partial charge in [0.15, 0.2) is 0 Å². The minimum Gasteiger partial charge on any atom is -0.322 e. The number of nitrogens with zero attached hydrogens (tertiary/aromatic N) is 2. The summed E-state index contributed by atoms with van der Waals surface area (Å²) < 4.78 is 0. The maximum atomic E-state index is 12.8. The van der Waals surface area contributed by atoms with Crippen molar-refractivity contribution in [3.8, 4) is 6.07 Å². The molecule has 1 aromatic rings. The van der Waals surface area contributed by atoms with E-state index in [1.165, 1.54) is 42.5 Å². The van der Waals surface area contributed by atoms with Gasteiger partial charge in [0.05, 0.1) is 10.9 Å². The van der Waals surface area contributed by atoms with Crippen molar-refractivity contribution in [2.75, 3.05) is 6.54 Å². The van der Waals surface area contributed by atoms with Crippen molar-refractivity contribution < 1.29 is 4.79 Å². The van der Waals surface area contributed by atoms with Crippen LogP contribution in [-0.2, 0) is 12.8 Å². The summed E-state index contributed by atoms with van der Waals surface area (Å²) in [5.74, 6) is 0.0847. The molecule has 2 aliphatic carbocycles. The lowest BCUT2D eigenvalue weighted by Gasteiger charge is -2.25. The lowest BCUT2D eigenvalue weighted by atomic mass is 10.1. The third-order valence-corrected chi connectivity index (χ3v) is 5.95. The van der Waals surface area contributed by atoms with Gasteiger partial charge < -0.3 is 4.90 Å². The molecule has 0 aliphatic heterocycles. The lowest BCUT2D eigenvalue weighted by molar-refractivity contribution is 0.0714. The first-order valence-electron chi connectivity index (χ1n) is 8.09. The van der Waals surface area contributed by atoms with Gasteiger partial charge in [-0.05, 0) is 50.2 Å². The first-order valence-corrected chi connectivity index (χ1v) is 8.91. The zero-order chi connectivity index (χ0) is 14.7. The third kappa shape index (κ3) is 3.13. The standard InChI is InChI=1S/C17H22N2OS/c18-10-11-19(14-7-4-5-8-14)17(20)16-12-13-6-2-1-3-9-15(13)21-16/h12,14H,1-9,11H2. The monoisotopic (exact) mass is 302 g/mol. The molecule has 112 valence electrons. The van der Waals surface area contributed by atoms with Crippen LogP contribution in [0, 0.1) is 11.3 Å². The molecule has 0 aromatic carbocycles. The van der Waals surface area contributed by atoms with E-state index in [4.69, 9.17) is 5.26 Å². The van der Waals surface area contributed by atoms with Crippen LogP contribution in [0.3, 0.4) is 0 Å². The number of fused-ring (bicyclic) bond motifs is 1. The molecule has 2 aliphatic rings. The van der Waals surface area contributed by atoms with Crippen LogP contribution in [0.5, 0.6) is 0 Å². The van der Waals surface area contributed by atoms with Gasteiger partial charge in [0.1, 0.15) is 6.54 Å². The van der Waals surface area contributed by atoms with E-state index >= 15 is 0 Å². The van der Waals surface area contributed by atoms with Crippen LogP contribution in [0.25, 0.3) is 0 Å². The van der Waals surface area contributed by atoms with Crippen LogP contribution in [-0.4, -0.2) is 23.4 Å². The molecule has 1 amide bonds. The highest BCUT2D eigenvalue weighted by atomic mass is 32.1. The number of hydrogen-bond donors (Lipinski definition) is 0. The second-order valence-corrected chi connectivity index (χ2v) is 7.29. The Hall–Kier alpha value is -1.34. The normalized spacial score (nSPS) is 18.8. The van der Waals surface area contributed by atoms with Gasteiger partial charge >= 0.3 is 0 Å². The predicted molar refractivity (Wildman–Crippen MR) is 84.5 cm³/mol. The van der Waals surface area contributed by atoms with Crippen LogP contribution in [0.15, 0.2) is 6.07 Å². The van der Waals surface area contributed by atoms with Gasteiger partial charge in [-0.2, -0.15) is 5.26 Å². The Labute approximate surface area is 130 Å². The summed E-state index contributed by atoms with van der Waals surface area (Å²) in [6.07, 6.45) is 10.5. The van der Waals surface area contributed by atoms with Gasteiger partial charge in [0.25, 0.3) is 5.91 Å². The molecule has 0 N–H and O–H groups in total. The Morgan fingerprint density at radius 1 is 1.24 bits per heavy atom. The summed E-state index contributed by atoms with van der Waals surface area (Å²) in [7, 11) is 0. The van der Waals surface area contributed by atoms with Gasteiger partial charge in [-0.1, -0.05) is 19.3 Å². The highest BCUT2D eigenvalue weighted by molar-refractivity contribution is 7.14. The van der Waals surface area contributed by atoms with Crippen LogP contribution < -0.4 is 0 Å². The first kappa shape index (κ1) is 14.6. The number of aryl methyl sites for hydroxylation is 2. The number of thiophene rings is 1. The van der Waals surface area contributed by atoms with Crippen molar-refractivity contribution in [2.24, 2.45) is 0 Å². The molecule has 0 atom stereocenters. The van der Waals surface area contributed by atoms with E-state index in [-0.39, 0.29) is 18.5 Å². The van der Waals surface area contributed by atoms with Crippen molar-refractivity contribution in [1.29, 1.82) is 5.26 Å². The minimum absolute atomic E-state index is 0.0847. The molecular weight excluding hydrogens is 280 g/mol.